The molecule has 2 amide bonds. The van der Waals surface area contributed by atoms with Crippen LogP contribution in [0.4, 0.5) is 4.79 Å². The fraction of sp³-hybridized carbons (Fsp3) is 0.263. The summed E-state index contributed by atoms with van der Waals surface area (Å²) < 4.78 is 15.5. The molecule has 2 aromatic rings. The van der Waals surface area contributed by atoms with Crippen LogP contribution in [0.1, 0.15) is 24.2 Å². The van der Waals surface area contributed by atoms with Crippen molar-refractivity contribution >= 4 is 18.0 Å². The van der Waals surface area contributed by atoms with Gasteiger partial charge in [-0.25, -0.2) is 19.4 Å². The van der Waals surface area contributed by atoms with Crippen LogP contribution in [0.3, 0.4) is 0 Å². The van der Waals surface area contributed by atoms with E-state index in [-0.39, 0.29) is 24.5 Å². The van der Waals surface area contributed by atoms with Gasteiger partial charge in [-0.1, -0.05) is 12.1 Å². The average molecular weight is 385 g/mol. The number of nitrogens with one attached hydrogen (secondary N) is 2. The second-order valence-electron chi connectivity index (χ2n) is 5.95. The maximum absolute atomic E-state index is 12.3. The number of carbonyl (C=O) groups excluding carboxylic acids is 3. The lowest BCUT2D eigenvalue weighted by Crippen LogP contribution is -2.50. The highest BCUT2D eigenvalue weighted by Gasteiger charge is 2.30. The second-order valence-corrected chi connectivity index (χ2v) is 5.95. The third-order valence-electron chi connectivity index (χ3n) is 4.05. The van der Waals surface area contributed by atoms with E-state index in [1.54, 1.807) is 44.3 Å². The minimum atomic E-state index is -0.597. The topological polar surface area (TPSA) is 120 Å². The number of hydrogen-bond acceptors (Lipinski definition) is 7. The number of esters is 2. The van der Waals surface area contributed by atoms with E-state index in [4.69, 9.17) is 13.9 Å². The Kier molecular flexibility index (Phi) is 5.73. The van der Waals surface area contributed by atoms with E-state index >= 15 is 0 Å². The fourth-order valence-electron chi connectivity index (χ4n) is 2.74. The normalized spacial score (nSPS) is 16.2. The molecule has 2 heterocycles. The molecule has 0 aliphatic carbocycles. The highest BCUT2D eigenvalue weighted by atomic mass is 16.5. The Morgan fingerprint density at radius 1 is 1.18 bits per heavy atom. The van der Waals surface area contributed by atoms with Crippen molar-refractivity contribution in [2.45, 2.75) is 19.9 Å². The number of aromatic nitrogens is 1. The van der Waals surface area contributed by atoms with Crippen molar-refractivity contribution < 1.29 is 28.3 Å². The molecule has 1 atom stereocenters. The molecule has 1 aromatic heterocycles. The van der Waals surface area contributed by atoms with Gasteiger partial charge in [-0.05, 0) is 26.0 Å². The van der Waals surface area contributed by atoms with E-state index in [1.165, 1.54) is 6.39 Å². The van der Waals surface area contributed by atoms with Crippen LogP contribution in [0.2, 0.25) is 0 Å². The minimum absolute atomic E-state index is 0.188. The zero-order valence-corrected chi connectivity index (χ0v) is 15.4. The first-order valence-corrected chi connectivity index (χ1v) is 8.63. The van der Waals surface area contributed by atoms with Gasteiger partial charge in [0.25, 0.3) is 0 Å². The summed E-state index contributed by atoms with van der Waals surface area (Å²) in [6.07, 6.45) is 2.89. The molecule has 0 saturated heterocycles. The number of nitrogens with zero attached hydrogens (tertiary/aromatic N) is 1. The van der Waals surface area contributed by atoms with Gasteiger partial charge in [0.05, 0.1) is 35.7 Å². The van der Waals surface area contributed by atoms with E-state index in [9.17, 15) is 14.4 Å². The van der Waals surface area contributed by atoms with Crippen molar-refractivity contribution in [3.05, 3.63) is 53.7 Å². The summed E-state index contributed by atoms with van der Waals surface area (Å²) in [5, 5.41) is 5.08. The molecule has 0 radical (unpaired) electrons. The SMILES string of the molecule is CCOC(=O)C1=C(COC(=O)c2ccc(-c3cnco3)cc2)NC(=O)NC1C. The summed E-state index contributed by atoms with van der Waals surface area (Å²) in [4.78, 5) is 40.0. The Morgan fingerprint density at radius 2 is 1.93 bits per heavy atom. The van der Waals surface area contributed by atoms with Gasteiger partial charge in [-0.2, -0.15) is 0 Å². The van der Waals surface area contributed by atoms with Gasteiger partial charge in [0.2, 0.25) is 0 Å². The number of ether oxygens (including phenoxy) is 2. The number of oxazole rings is 1. The minimum Gasteiger partial charge on any atom is -0.463 e. The molecule has 0 spiro atoms. The highest BCUT2D eigenvalue weighted by molar-refractivity contribution is 5.95. The van der Waals surface area contributed by atoms with Crippen LogP contribution in [0.25, 0.3) is 11.3 Å². The first-order chi connectivity index (χ1) is 13.5. The largest absolute Gasteiger partial charge is 0.463 e. The number of rotatable bonds is 6. The summed E-state index contributed by atoms with van der Waals surface area (Å²) in [6.45, 7) is 3.25. The molecule has 146 valence electrons. The van der Waals surface area contributed by atoms with Gasteiger partial charge < -0.3 is 24.5 Å². The predicted octanol–water partition coefficient (Wildman–Crippen LogP) is 2.02. The van der Waals surface area contributed by atoms with Crippen molar-refractivity contribution in [2.24, 2.45) is 0 Å². The number of carbonyl (C=O) groups is 3. The zero-order valence-electron chi connectivity index (χ0n) is 15.4. The summed E-state index contributed by atoms with van der Waals surface area (Å²) in [5.41, 5.74) is 1.49. The van der Waals surface area contributed by atoms with Crippen LogP contribution in [-0.2, 0) is 14.3 Å². The summed E-state index contributed by atoms with van der Waals surface area (Å²) in [5.74, 6) is -0.597. The van der Waals surface area contributed by atoms with E-state index in [0.29, 0.717) is 11.3 Å². The molecule has 1 aliphatic heterocycles. The third-order valence-corrected chi connectivity index (χ3v) is 4.05. The Morgan fingerprint density at radius 3 is 2.57 bits per heavy atom. The van der Waals surface area contributed by atoms with Crippen LogP contribution >= 0.6 is 0 Å². The highest BCUT2D eigenvalue weighted by Crippen LogP contribution is 2.20. The molecule has 1 aliphatic rings. The van der Waals surface area contributed by atoms with Gasteiger partial charge in [0.15, 0.2) is 12.2 Å². The van der Waals surface area contributed by atoms with Gasteiger partial charge in [0.1, 0.15) is 6.61 Å². The van der Waals surface area contributed by atoms with Crippen LogP contribution in [0.15, 0.2) is 52.5 Å². The van der Waals surface area contributed by atoms with E-state index in [1.807, 2.05) is 0 Å². The van der Waals surface area contributed by atoms with E-state index < -0.39 is 24.0 Å². The number of urea groups is 1. The van der Waals surface area contributed by atoms with Gasteiger partial charge in [-0.3, -0.25) is 0 Å². The molecule has 0 saturated carbocycles. The van der Waals surface area contributed by atoms with Crippen molar-refractivity contribution in [2.75, 3.05) is 13.2 Å². The summed E-state index contributed by atoms with van der Waals surface area (Å²) in [6, 6.07) is 5.53. The third kappa shape index (κ3) is 4.20. The van der Waals surface area contributed by atoms with Crippen LogP contribution in [0, 0.1) is 0 Å². The Hall–Kier alpha value is -3.62. The lowest BCUT2D eigenvalue weighted by Gasteiger charge is -2.26. The van der Waals surface area contributed by atoms with E-state index in [2.05, 4.69) is 15.6 Å². The number of amides is 2. The smallest absolute Gasteiger partial charge is 0.338 e. The monoisotopic (exact) mass is 385 g/mol. The predicted molar refractivity (Wildman–Crippen MR) is 97.0 cm³/mol. The fourth-order valence-corrected chi connectivity index (χ4v) is 2.74. The standard InChI is InChI=1S/C19H19N3O6/c1-3-26-18(24)16-11(2)21-19(25)22-14(16)9-27-17(23)13-6-4-12(5-7-13)15-8-20-10-28-15/h4-8,10-11H,3,9H2,1-2H3,(H2,21,22,25). The van der Waals surface area contributed by atoms with Gasteiger partial charge >= 0.3 is 18.0 Å². The summed E-state index contributed by atoms with van der Waals surface area (Å²) >= 11 is 0. The van der Waals surface area contributed by atoms with Crippen molar-refractivity contribution in [1.82, 2.24) is 15.6 Å². The lowest BCUT2D eigenvalue weighted by molar-refractivity contribution is -0.139. The van der Waals surface area contributed by atoms with E-state index in [0.717, 1.165) is 5.56 Å². The zero-order chi connectivity index (χ0) is 20.1. The molecule has 1 aromatic carbocycles. The van der Waals surface area contributed by atoms with Crippen molar-refractivity contribution in [3.8, 4) is 11.3 Å². The Bertz CT molecular complexity index is 902. The van der Waals surface area contributed by atoms with Crippen LogP contribution in [0.5, 0.6) is 0 Å². The first kappa shape index (κ1) is 19.2. The van der Waals surface area contributed by atoms with Crippen LogP contribution in [-0.4, -0.2) is 42.2 Å². The lowest BCUT2D eigenvalue weighted by atomic mass is 10.0. The molecule has 1 unspecified atom stereocenters. The molecule has 0 bridgehead atoms. The maximum atomic E-state index is 12.3. The van der Waals surface area contributed by atoms with Gasteiger partial charge in [0, 0.05) is 5.56 Å². The molecule has 3 rings (SSSR count). The Balaban J connectivity index is 1.71. The van der Waals surface area contributed by atoms with Crippen LogP contribution < -0.4 is 10.6 Å². The Labute approximate surface area is 160 Å². The number of hydrogen-bond donors (Lipinski definition) is 2. The summed E-state index contributed by atoms with van der Waals surface area (Å²) in [7, 11) is 0. The van der Waals surface area contributed by atoms with Gasteiger partial charge in [-0.15, -0.1) is 0 Å². The molecule has 0 fully saturated rings. The molecular weight excluding hydrogens is 366 g/mol. The molecule has 9 heteroatoms. The number of benzene rings is 1. The van der Waals surface area contributed by atoms with Crippen molar-refractivity contribution in [1.29, 1.82) is 0 Å². The first-order valence-electron chi connectivity index (χ1n) is 8.63. The molecule has 28 heavy (non-hydrogen) atoms. The quantitative estimate of drug-likeness (QED) is 0.730. The second kappa shape index (κ2) is 8.38. The molecule has 2 N–H and O–H groups in total. The average Bonchev–Trinajstić information content (AvgIpc) is 3.20. The maximum Gasteiger partial charge on any atom is 0.338 e. The molecular formula is C19H19N3O6. The molecule has 9 nitrogen and oxygen atoms in total. The van der Waals surface area contributed by atoms with Crippen molar-refractivity contribution in [3.63, 3.8) is 0 Å².